The van der Waals surface area contributed by atoms with Gasteiger partial charge in [-0.2, -0.15) is 0 Å². The summed E-state index contributed by atoms with van der Waals surface area (Å²) in [5.74, 6) is 1.68. The van der Waals surface area contributed by atoms with Gasteiger partial charge in [-0.3, -0.25) is 9.78 Å². The summed E-state index contributed by atoms with van der Waals surface area (Å²) >= 11 is 1.97. The van der Waals surface area contributed by atoms with Crippen LogP contribution in [0.5, 0.6) is 0 Å². The minimum absolute atomic E-state index is 0.00898. The molecule has 0 radical (unpaired) electrons. The van der Waals surface area contributed by atoms with E-state index in [2.05, 4.69) is 9.97 Å². The molecule has 4 rings (SSSR count). The molecule has 3 saturated heterocycles. The van der Waals surface area contributed by atoms with Crippen molar-refractivity contribution in [1.82, 2.24) is 14.9 Å². The molecule has 7 heteroatoms. The van der Waals surface area contributed by atoms with Crippen molar-refractivity contribution >= 4 is 17.7 Å². The Morgan fingerprint density at radius 3 is 2.88 bits per heavy atom. The van der Waals surface area contributed by atoms with Crippen LogP contribution in [-0.2, 0) is 9.47 Å². The summed E-state index contributed by atoms with van der Waals surface area (Å²) in [7, 11) is 0. The fraction of sp³-hybridized carbons (Fsp3) is 0.722. The number of hydrogen-bond acceptors (Lipinski definition) is 6. The Kier molecular flexibility index (Phi) is 4.97. The molecule has 1 unspecified atom stereocenters. The van der Waals surface area contributed by atoms with Crippen molar-refractivity contribution in [3.63, 3.8) is 0 Å². The Labute approximate surface area is 152 Å². The molecule has 0 aliphatic carbocycles. The number of aryl methyl sites for hydroxylation is 1. The second-order valence-electron chi connectivity index (χ2n) is 7.41. The van der Waals surface area contributed by atoms with Crippen LogP contribution in [-0.4, -0.2) is 70.3 Å². The maximum Gasteiger partial charge on any atom is 0.274 e. The third-order valence-corrected chi connectivity index (χ3v) is 6.90. The lowest BCUT2D eigenvalue weighted by Gasteiger charge is -2.47. The molecule has 0 saturated carbocycles. The van der Waals surface area contributed by atoms with Crippen molar-refractivity contribution in [3.05, 3.63) is 23.8 Å². The molecule has 1 aromatic heterocycles. The first kappa shape index (κ1) is 17.2. The Balaban J connectivity index is 1.24. The second kappa shape index (κ2) is 7.21. The molecular formula is C18H25N3O3S. The fourth-order valence-electron chi connectivity index (χ4n) is 3.77. The minimum atomic E-state index is -0.00898. The number of carbonyl (C=O) groups is 1. The SMILES string of the molecule is Cc1cnc(C(=O)N2CC3(CC(OCC4CCOCC4)CS3)C2)cn1. The first-order valence-electron chi connectivity index (χ1n) is 9.05. The van der Waals surface area contributed by atoms with Gasteiger partial charge in [-0.05, 0) is 32.1 Å². The van der Waals surface area contributed by atoms with Gasteiger partial charge < -0.3 is 14.4 Å². The lowest BCUT2D eigenvalue weighted by Crippen LogP contribution is -2.60. The maximum absolute atomic E-state index is 12.5. The highest BCUT2D eigenvalue weighted by molar-refractivity contribution is 8.01. The second-order valence-corrected chi connectivity index (χ2v) is 8.90. The van der Waals surface area contributed by atoms with Crippen LogP contribution in [0.15, 0.2) is 12.4 Å². The molecule has 3 fully saturated rings. The van der Waals surface area contributed by atoms with E-state index in [1.165, 1.54) is 0 Å². The summed E-state index contributed by atoms with van der Waals surface area (Å²) in [5, 5.41) is 0. The number of aromatic nitrogens is 2. The van der Waals surface area contributed by atoms with Gasteiger partial charge in [-0.1, -0.05) is 0 Å². The number of rotatable bonds is 4. The molecule has 0 aromatic carbocycles. The highest BCUT2D eigenvalue weighted by Gasteiger charge is 2.51. The highest BCUT2D eigenvalue weighted by Crippen LogP contribution is 2.46. The zero-order valence-corrected chi connectivity index (χ0v) is 15.5. The number of carbonyl (C=O) groups excluding carboxylic acids is 1. The summed E-state index contributed by atoms with van der Waals surface area (Å²) in [4.78, 5) is 22.7. The molecule has 3 aliphatic heterocycles. The molecule has 1 amide bonds. The van der Waals surface area contributed by atoms with E-state index in [1.54, 1.807) is 12.4 Å². The van der Waals surface area contributed by atoms with Gasteiger partial charge in [0.05, 0.1) is 22.7 Å². The van der Waals surface area contributed by atoms with Gasteiger partial charge in [0, 0.05) is 44.9 Å². The minimum Gasteiger partial charge on any atom is -0.381 e. The summed E-state index contributed by atoms with van der Waals surface area (Å²) in [6, 6.07) is 0. The Morgan fingerprint density at radius 2 is 2.16 bits per heavy atom. The van der Waals surface area contributed by atoms with E-state index < -0.39 is 0 Å². The van der Waals surface area contributed by atoms with Gasteiger partial charge in [-0.25, -0.2) is 4.98 Å². The number of hydrogen-bond donors (Lipinski definition) is 0. The van der Waals surface area contributed by atoms with Crippen molar-refractivity contribution in [2.24, 2.45) is 5.92 Å². The first-order chi connectivity index (χ1) is 12.1. The van der Waals surface area contributed by atoms with Crippen LogP contribution in [0.2, 0.25) is 0 Å². The average Bonchev–Trinajstić information content (AvgIpc) is 3.04. The van der Waals surface area contributed by atoms with E-state index in [4.69, 9.17) is 9.47 Å². The molecule has 1 aromatic rings. The largest absolute Gasteiger partial charge is 0.381 e. The highest BCUT2D eigenvalue weighted by atomic mass is 32.2. The monoisotopic (exact) mass is 363 g/mol. The number of ether oxygens (including phenoxy) is 2. The Hall–Kier alpha value is -1.18. The summed E-state index contributed by atoms with van der Waals surface area (Å²) < 4.78 is 11.8. The molecule has 1 atom stereocenters. The van der Waals surface area contributed by atoms with Gasteiger partial charge in [0.2, 0.25) is 0 Å². The topological polar surface area (TPSA) is 64.6 Å². The molecule has 25 heavy (non-hydrogen) atoms. The molecule has 0 N–H and O–H groups in total. The summed E-state index contributed by atoms with van der Waals surface area (Å²) in [5.41, 5.74) is 1.27. The standard InChI is InChI=1S/C18H25N3O3S/c1-13-7-20-16(8-19-13)17(22)21-11-18(12-21)6-15(10-25-18)24-9-14-2-4-23-5-3-14/h7-8,14-15H,2-6,9-12H2,1H3. The molecule has 6 nitrogen and oxygen atoms in total. The van der Waals surface area contributed by atoms with Crippen LogP contribution in [0.3, 0.4) is 0 Å². The Morgan fingerprint density at radius 1 is 1.36 bits per heavy atom. The van der Waals surface area contributed by atoms with Gasteiger partial charge >= 0.3 is 0 Å². The van der Waals surface area contributed by atoms with Crippen molar-refractivity contribution in [1.29, 1.82) is 0 Å². The van der Waals surface area contributed by atoms with Crippen molar-refractivity contribution in [2.75, 3.05) is 38.7 Å². The van der Waals surface area contributed by atoms with Gasteiger partial charge in [-0.15, -0.1) is 11.8 Å². The van der Waals surface area contributed by atoms with Crippen LogP contribution in [0, 0.1) is 12.8 Å². The zero-order valence-electron chi connectivity index (χ0n) is 14.6. The Bertz CT molecular complexity index is 612. The van der Waals surface area contributed by atoms with E-state index in [0.29, 0.717) is 17.7 Å². The first-order valence-corrected chi connectivity index (χ1v) is 10.0. The zero-order chi connectivity index (χ0) is 17.3. The van der Waals surface area contributed by atoms with E-state index in [-0.39, 0.29) is 10.7 Å². The quantitative estimate of drug-likeness (QED) is 0.814. The molecule has 4 heterocycles. The fourth-order valence-corrected chi connectivity index (χ4v) is 5.32. The molecular weight excluding hydrogens is 338 g/mol. The molecule has 136 valence electrons. The maximum atomic E-state index is 12.5. The summed E-state index contributed by atoms with van der Waals surface area (Å²) in [6.45, 7) is 6.06. The number of likely N-dealkylation sites (tertiary alicyclic amines) is 1. The van der Waals surface area contributed by atoms with Gasteiger partial charge in [0.25, 0.3) is 5.91 Å². The van der Waals surface area contributed by atoms with E-state index >= 15 is 0 Å². The third kappa shape index (κ3) is 3.83. The van der Waals surface area contributed by atoms with E-state index in [0.717, 1.165) is 63.6 Å². The normalized spacial score (nSPS) is 26.0. The van der Waals surface area contributed by atoms with Gasteiger partial charge in [0.1, 0.15) is 5.69 Å². The number of amides is 1. The van der Waals surface area contributed by atoms with E-state index in [1.807, 2.05) is 23.6 Å². The smallest absolute Gasteiger partial charge is 0.274 e. The number of nitrogens with zero attached hydrogens (tertiary/aromatic N) is 3. The molecule has 0 bridgehead atoms. The summed E-state index contributed by atoms with van der Waals surface area (Å²) in [6.07, 6.45) is 6.82. The van der Waals surface area contributed by atoms with Crippen molar-refractivity contribution < 1.29 is 14.3 Å². The van der Waals surface area contributed by atoms with Crippen LogP contribution in [0.1, 0.15) is 35.4 Å². The van der Waals surface area contributed by atoms with Crippen LogP contribution in [0.4, 0.5) is 0 Å². The molecule has 1 spiro atoms. The predicted octanol–water partition coefficient (Wildman–Crippen LogP) is 1.93. The third-order valence-electron chi connectivity index (χ3n) is 5.33. The predicted molar refractivity (Wildman–Crippen MR) is 95.8 cm³/mol. The lowest BCUT2D eigenvalue weighted by atomic mass is 9.92. The van der Waals surface area contributed by atoms with Crippen LogP contribution < -0.4 is 0 Å². The molecule has 3 aliphatic rings. The van der Waals surface area contributed by atoms with Crippen molar-refractivity contribution in [3.8, 4) is 0 Å². The van der Waals surface area contributed by atoms with Crippen molar-refractivity contribution in [2.45, 2.75) is 37.0 Å². The number of thioether (sulfide) groups is 1. The average molecular weight is 363 g/mol. The van der Waals surface area contributed by atoms with Crippen LogP contribution >= 0.6 is 11.8 Å². The van der Waals surface area contributed by atoms with Crippen LogP contribution in [0.25, 0.3) is 0 Å². The van der Waals surface area contributed by atoms with E-state index in [9.17, 15) is 4.79 Å². The van der Waals surface area contributed by atoms with Gasteiger partial charge in [0.15, 0.2) is 0 Å². The lowest BCUT2D eigenvalue weighted by molar-refractivity contribution is -0.0119.